The second kappa shape index (κ2) is 6.48. The number of nitrogens with zero attached hydrogens (tertiary/aromatic N) is 1. The molecule has 1 aromatic heterocycles. The lowest BCUT2D eigenvalue weighted by molar-refractivity contribution is -0.122. The highest BCUT2D eigenvalue weighted by atomic mass is 16.2. The molecule has 0 aliphatic heterocycles. The van der Waals surface area contributed by atoms with Gasteiger partial charge in [0.25, 0.3) is 0 Å². The first-order valence-electron chi connectivity index (χ1n) is 6.94. The van der Waals surface area contributed by atoms with E-state index in [1.165, 1.54) is 0 Å². The molecular formula is C16H21N3O. The average molecular weight is 271 g/mol. The van der Waals surface area contributed by atoms with Crippen molar-refractivity contribution in [3.05, 3.63) is 42.1 Å². The molecule has 1 atom stereocenters. The number of carbonyl (C=O) groups excluding carboxylic acids is 1. The second-order valence-electron chi connectivity index (χ2n) is 5.45. The van der Waals surface area contributed by atoms with E-state index in [-0.39, 0.29) is 5.91 Å². The van der Waals surface area contributed by atoms with Crippen LogP contribution in [0.1, 0.15) is 25.8 Å². The minimum atomic E-state index is -0.446. The van der Waals surface area contributed by atoms with Crippen molar-refractivity contribution < 1.29 is 4.79 Å². The number of fused-ring (bicyclic) bond motifs is 1. The summed E-state index contributed by atoms with van der Waals surface area (Å²) in [6, 6.07) is 9.43. The topological polar surface area (TPSA) is 68.0 Å². The van der Waals surface area contributed by atoms with E-state index < -0.39 is 6.04 Å². The molecule has 3 N–H and O–H groups in total. The Morgan fingerprint density at radius 2 is 2.05 bits per heavy atom. The van der Waals surface area contributed by atoms with Crippen molar-refractivity contribution in [3.8, 4) is 0 Å². The number of hydrogen-bond donors (Lipinski definition) is 2. The van der Waals surface area contributed by atoms with Crippen LogP contribution in [-0.4, -0.2) is 16.9 Å². The number of amides is 1. The molecule has 2 rings (SSSR count). The first kappa shape index (κ1) is 14.5. The Kier molecular flexibility index (Phi) is 4.69. The lowest BCUT2D eigenvalue weighted by Gasteiger charge is -2.14. The maximum atomic E-state index is 11.9. The Morgan fingerprint density at radius 1 is 1.30 bits per heavy atom. The largest absolute Gasteiger partial charge is 0.351 e. The van der Waals surface area contributed by atoms with Gasteiger partial charge in [0.15, 0.2) is 0 Å². The summed E-state index contributed by atoms with van der Waals surface area (Å²) in [4.78, 5) is 16.3. The minimum absolute atomic E-state index is 0.105. The van der Waals surface area contributed by atoms with E-state index in [0.29, 0.717) is 18.9 Å². The van der Waals surface area contributed by atoms with E-state index in [4.69, 9.17) is 5.73 Å². The van der Waals surface area contributed by atoms with Crippen LogP contribution in [0.3, 0.4) is 0 Å². The average Bonchev–Trinajstić information content (AvgIpc) is 2.44. The highest BCUT2D eigenvalue weighted by Crippen LogP contribution is 2.15. The van der Waals surface area contributed by atoms with E-state index in [1.807, 2.05) is 30.3 Å². The fourth-order valence-electron chi connectivity index (χ4n) is 2.24. The van der Waals surface area contributed by atoms with Crippen LogP contribution in [0.2, 0.25) is 0 Å². The van der Waals surface area contributed by atoms with Crippen LogP contribution in [0.15, 0.2) is 36.5 Å². The lowest BCUT2D eigenvalue weighted by Crippen LogP contribution is -2.41. The van der Waals surface area contributed by atoms with Gasteiger partial charge in [-0.2, -0.15) is 0 Å². The maximum Gasteiger partial charge on any atom is 0.237 e. The van der Waals surface area contributed by atoms with Gasteiger partial charge < -0.3 is 11.1 Å². The predicted octanol–water partition coefficient (Wildman–Crippen LogP) is 2.22. The van der Waals surface area contributed by atoms with Crippen molar-refractivity contribution in [1.29, 1.82) is 0 Å². The van der Waals surface area contributed by atoms with Crippen molar-refractivity contribution in [1.82, 2.24) is 10.3 Å². The highest BCUT2D eigenvalue weighted by Gasteiger charge is 2.14. The standard InChI is InChI=1S/C16H21N3O/c1-11(2)9-14(17)16(20)19-10-13-6-3-5-12-7-4-8-18-15(12)13/h3-8,11,14H,9-10,17H2,1-2H3,(H,19,20)/t14-/m1/s1. The van der Waals surface area contributed by atoms with E-state index in [2.05, 4.69) is 24.1 Å². The number of hydrogen-bond acceptors (Lipinski definition) is 3. The van der Waals surface area contributed by atoms with Gasteiger partial charge in [0, 0.05) is 18.1 Å². The van der Waals surface area contributed by atoms with Crippen molar-refractivity contribution in [2.75, 3.05) is 0 Å². The van der Waals surface area contributed by atoms with E-state index in [0.717, 1.165) is 16.5 Å². The summed E-state index contributed by atoms with van der Waals surface area (Å²) in [5, 5.41) is 3.97. The zero-order chi connectivity index (χ0) is 14.5. The Hall–Kier alpha value is -1.94. The zero-order valence-electron chi connectivity index (χ0n) is 12.0. The summed E-state index contributed by atoms with van der Waals surface area (Å²) in [5.41, 5.74) is 7.80. The first-order valence-corrected chi connectivity index (χ1v) is 6.94. The van der Waals surface area contributed by atoms with Gasteiger partial charge in [-0.1, -0.05) is 38.1 Å². The van der Waals surface area contributed by atoms with Gasteiger partial charge in [-0.15, -0.1) is 0 Å². The van der Waals surface area contributed by atoms with E-state index >= 15 is 0 Å². The Balaban J connectivity index is 2.04. The number of pyridine rings is 1. The molecule has 0 bridgehead atoms. The number of rotatable bonds is 5. The van der Waals surface area contributed by atoms with Crippen LogP contribution in [0.25, 0.3) is 10.9 Å². The quantitative estimate of drug-likeness (QED) is 0.876. The number of aromatic nitrogens is 1. The van der Waals surface area contributed by atoms with Gasteiger partial charge in [0.2, 0.25) is 5.91 Å². The molecule has 2 aromatic rings. The van der Waals surface area contributed by atoms with Crippen molar-refractivity contribution in [2.24, 2.45) is 11.7 Å². The molecule has 4 nitrogen and oxygen atoms in total. The minimum Gasteiger partial charge on any atom is -0.351 e. The number of carbonyl (C=O) groups is 1. The molecule has 0 spiro atoms. The zero-order valence-corrected chi connectivity index (χ0v) is 12.0. The third-order valence-electron chi connectivity index (χ3n) is 3.23. The molecule has 0 saturated carbocycles. The molecule has 0 unspecified atom stereocenters. The molecular weight excluding hydrogens is 250 g/mol. The first-order chi connectivity index (χ1) is 9.58. The lowest BCUT2D eigenvalue weighted by atomic mass is 10.0. The van der Waals surface area contributed by atoms with E-state index in [9.17, 15) is 4.79 Å². The number of nitrogens with two attached hydrogens (primary N) is 1. The van der Waals surface area contributed by atoms with Crippen molar-refractivity contribution in [2.45, 2.75) is 32.9 Å². The molecule has 0 aliphatic rings. The normalized spacial score (nSPS) is 12.6. The van der Waals surface area contributed by atoms with Crippen LogP contribution in [0.4, 0.5) is 0 Å². The number of nitrogens with one attached hydrogen (secondary N) is 1. The molecule has 1 amide bonds. The number of para-hydroxylation sites is 1. The molecule has 0 radical (unpaired) electrons. The summed E-state index contributed by atoms with van der Waals surface area (Å²) < 4.78 is 0. The van der Waals surface area contributed by atoms with Gasteiger partial charge in [-0.05, 0) is 24.0 Å². The Bertz CT molecular complexity index is 590. The number of benzene rings is 1. The maximum absolute atomic E-state index is 11.9. The van der Waals surface area contributed by atoms with Gasteiger partial charge in [-0.3, -0.25) is 9.78 Å². The molecule has 0 fully saturated rings. The van der Waals surface area contributed by atoms with Crippen LogP contribution in [0.5, 0.6) is 0 Å². The van der Waals surface area contributed by atoms with Crippen molar-refractivity contribution >= 4 is 16.8 Å². The molecule has 20 heavy (non-hydrogen) atoms. The summed E-state index contributed by atoms with van der Waals surface area (Å²) in [7, 11) is 0. The molecule has 4 heteroatoms. The smallest absolute Gasteiger partial charge is 0.237 e. The van der Waals surface area contributed by atoms with Crippen LogP contribution in [-0.2, 0) is 11.3 Å². The Morgan fingerprint density at radius 3 is 2.80 bits per heavy atom. The van der Waals surface area contributed by atoms with Crippen LogP contribution < -0.4 is 11.1 Å². The molecule has 0 saturated heterocycles. The monoisotopic (exact) mass is 271 g/mol. The predicted molar refractivity (Wildman–Crippen MR) is 81.0 cm³/mol. The van der Waals surface area contributed by atoms with Crippen LogP contribution in [0, 0.1) is 5.92 Å². The fourth-order valence-corrected chi connectivity index (χ4v) is 2.24. The Labute approximate surface area is 119 Å². The fraction of sp³-hybridized carbons (Fsp3) is 0.375. The van der Waals surface area contributed by atoms with Gasteiger partial charge in [0.1, 0.15) is 0 Å². The molecule has 0 aliphatic carbocycles. The summed E-state index contributed by atoms with van der Waals surface area (Å²) in [6.07, 6.45) is 2.46. The highest BCUT2D eigenvalue weighted by molar-refractivity contribution is 5.84. The van der Waals surface area contributed by atoms with Gasteiger partial charge in [0.05, 0.1) is 11.6 Å². The molecule has 106 valence electrons. The van der Waals surface area contributed by atoms with Crippen LogP contribution >= 0.6 is 0 Å². The summed E-state index contributed by atoms with van der Waals surface area (Å²) >= 11 is 0. The summed E-state index contributed by atoms with van der Waals surface area (Å²) in [6.45, 7) is 4.57. The van der Waals surface area contributed by atoms with Gasteiger partial charge >= 0.3 is 0 Å². The van der Waals surface area contributed by atoms with Gasteiger partial charge in [-0.25, -0.2) is 0 Å². The van der Waals surface area contributed by atoms with Crippen molar-refractivity contribution in [3.63, 3.8) is 0 Å². The van der Waals surface area contributed by atoms with E-state index in [1.54, 1.807) is 6.20 Å². The summed E-state index contributed by atoms with van der Waals surface area (Å²) in [5.74, 6) is 0.307. The molecule has 1 aromatic carbocycles. The third-order valence-corrected chi connectivity index (χ3v) is 3.23. The second-order valence-corrected chi connectivity index (χ2v) is 5.45. The third kappa shape index (κ3) is 3.54. The SMILES string of the molecule is CC(C)C[C@@H](N)C(=O)NCc1cccc2cccnc12. The molecule has 1 heterocycles.